The van der Waals surface area contributed by atoms with Crippen molar-refractivity contribution in [3.8, 4) is 5.75 Å². The van der Waals surface area contributed by atoms with E-state index in [2.05, 4.69) is 4.90 Å². The minimum atomic E-state index is -3.95. The summed E-state index contributed by atoms with van der Waals surface area (Å²) in [6, 6.07) is 2.51. The van der Waals surface area contributed by atoms with Crippen molar-refractivity contribution in [3.63, 3.8) is 0 Å². The van der Waals surface area contributed by atoms with E-state index < -0.39 is 9.05 Å². The van der Waals surface area contributed by atoms with Crippen LogP contribution in [0.2, 0.25) is 10.0 Å². The van der Waals surface area contributed by atoms with Crippen LogP contribution in [-0.2, 0) is 13.8 Å². The van der Waals surface area contributed by atoms with Gasteiger partial charge in [0.05, 0.1) is 16.7 Å². The normalized spacial score (nSPS) is 20.5. The van der Waals surface area contributed by atoms with Crippen molar-refractivity contribution in [2.75, 3.05) is 33.4 Å². The highest BCUT2D eigenvalue weighted by Crippen LogP contribution is 2.35. The highest BCUT2D eigenvalue weighted by Gasteiger charge is 2.21. The van der Waals surface area contributed by atoms with E-state index in [4.69, 9.17) is 43.4 Å². The molecule has 9 heteroatoms. The molecule has 0 aliphatic carbocycles. The quantitative estimate of drug-likeness (QED) is 0.758. The maximum absolute atomic E-state index is 11.3. The number of hydrogen-bond acceptors (Lipinski definition) is 5. The number of likely N-dealkylation sites (N-methyl/N-ethyl adjacent to an activating group) is 1. The molecule has 1 aliphatic heterocycles. The molecule has 1 saturated heterocycles. The van der Waals surface area contributed by atoms with Gasteiger partial charge in [-0.15, -0.1) is 0 Å². The lowest BCUT2D eigenvalue weighted by Gasteiger charge is -2.29. The van der Waals surface area contributed by atoms with Gasteiger partial charge in [-0.25, -0.2) is 8.42 Å². The zero-order valence-corrected chi connectivity index (χ0v) is 14.3. The average molecular weight is 375 g/mol. The third-order valence-electron chi connectivity index (χ3n) is 3.02. The van der Waals surface area contributed by atoms with E-state index in [-0.39, 0.29) is 21.0 Å². The van der Waals surface area contributed by atoms with Crippen LogP contribution in [0.15, 0.2) is 17.0 Å². The molecule has 1 heterocycles. The molecule has 0 saturated carbocycles. The Balaban J connectivity index is 2.09. The highest BCUT2D eigenvalue weighted by molar-refractivity contribution is 8.13. The van der Waals surface area contributed by atoms with Crippen LogP contribution in [0.3, 0.4) is 0 Å². The summed E-state index contributed by atoms with van der Waals surface area (Å²) in [5.74, 6) is 0.294. The standard InChI is InChI=1S/C12H14Cl3NO4S/c1-16-2-3-19-8(6-16)7-20-11-4-10(14)12(5-9(11)13)21(15,17)18/h4-5,8H,2-3,6-7H2,1H3. The predicted molar refractivity (Wildman–Crippen MR) is 82.2 cm³/mol. The molecule has 1 unspecified atom stereocenters. The van der Waals surface area contributed by atoms with Crippen molar-refractivity contribution in [2.45, 2.75) is 11.0 Å². The Morgan fingerprint density at radius 3 is 2.71 bits per heavy atom. The van der Waals surface area contributed by atoms with E-state index in [0.29, 0.717) is 19.0 Å². The van der Waals surface area contributed by atoms with E-state index in [1.54, 1.807) is 0 Å². The molecular formula is C12H14Cl3NO4S. The smallest absolute Gasteiger partial charge is 0.262 e. The summed E-state index contributed by atoms with van der Waals surface area (Å²) in [7, 11) is 3.32. The van der Waals surface area contributed by atoms with Crippen LogP contribution in [0.1, 0.15) is 0 Å². The third kappa shape index (κ3) is 4.61. The molecule has 0 N–H and O–H groups in total. The zero-order chi connectivity index (χ0) is 15.6. The molecule has 2 rings (SSSR count). The second-order valence-corrected chi connectivity index (χ2v) is 8.07. The van der Waals surface area contributed by atoms with Gasteiger partial charge in [-0.2, -0.15) is 0 Å². The van der Waals surface area contributed by atoms with Gasteiger partial charge in [0, 0.05) is 29.8 Å². The van der Waals surface area contributed by atoms with Crippen LogP contribution < -0.4 is 4.74 Å². The molecule has 1 aliphatic rings. The Morgan fingerprint density at radius 2 is 2.10 bits per heavy atom. The van der Waals surface area contributed by atoms with E-state index in [1.165, 1.54) is 12.1 Å². The Kier molecular flexibility index (Phi) is 5.62. The summed E-state index contributed by atoms with van der Waals surface area (Å²) in [5, 5.41) is 0.0915. The second-order valence-electron chi connectivity index (χ2n) is 4.72. The minimum absolute atomic E-state index is 0.0360. The lowest BCUT2D eigenvalue weighted by atomic mass is 10.3. The summed E-state index contributed by atoms with van der Waals surface area (Å²) in [5.41, 5.74) is 0. The van der Waals surface area contributed by atoms with E-state index in [0.717, 1.165) is 13.1 Å². The second kappa shape index (κ2) is 6.89. The first-order chi connectivity index (χ1) is 9.77. The van der Waals surface area contributed by atoms with E-state index in [9.17, 15) is 8.42 Å². The SMILES string of the molecule is CN1CCOC(COc2cc(Cl)c(S(=O)(=O)Cl)cc2Cl)C1. The molecule has 5 nitrogen and oxygen atoms in total. The number of nitrogens with zero attached hydrogens (tertiary/aromatic N) is 1. The zero-order valence-electron chi connectivity index (χ0n) is 11.2. The summed E-state index contributed by atoms with van der Waals surface area (Å²) in [4.78, 5) is 1.90. The Hall–Kier alpha value is -0.240. The van der Waals surface area contributed by atoms with Crippen molar-refractivity contribution in [1.29, 1.82) is 0 Å². The monoisotopic (exact) mass is 373 g/mol. The van der Waals surface area contributed by atoms with Gasteiger partial charge in [0.1, 0.15) is 23.4 Å². The molecule has 1 atom stereocenters. The molecule has 0 radical (unpaired) electrons. The predicted octanol–water partition coefficient (Wildman–Crippen LogP) is 2.63. The Labute approximate surface area is 138 Å². The van der Waals surface area contributed by atoms with Gasteiger partial charge in [-0.05, 0) is 13.1 Å². The van der Waals surface area contributed by atoms with Crippen LogP contribution in [0, 0.1) is 0 Å². The van der Waals surface area contributed by atoms with Crippen LogP contribution in [-0.4, -0.2) is 52.8 Å². The molecule has 0 bridgehead atoms. The first-order valence-electron chi connectivity index (χ1n) is 6.14. The first kappa shape index (κ1) is 17.1. The van der Waals surface area contributed by atoms with Crippen molar-refractivity contribution < 1.29 is 17.9 Å². The summed E-state index contributed by atoms with van der Waals surface area (Å²) >= 11 is 11.9. The van der Waals surface area contributed by atoms with Gasteiger partial charge >= 0.3 is 0 Å². The van der Waals surface area contributed by atoms with Crippen molar-refractivity contribution in [1.82, 2.24) is 4.90 Å². The maximum Gasteiger partial charge on any atom is 0.262 e. The molecule has 118 valence electrons. The summed E-state index contributed by atoms with van der Waals surface area (Å²) in [6.45, 7) is 2.57. The molecule has 0 amide bonds. The molecule has 0 spiro atoms. The van der Waals surface area contributed by atoms with Crippen LogP contribution >= 0.6 is 33.9 Å². The largest absolute Gasteiger partial charge is 0.489 e. The first-order valence-corrected chi connectivity index (χ1v) is 9.20. The summed E-state index contributed by atoms with van der Waals surface area (Å²) in [6.07, 6.45) is -0.0740. The van der Waals surface area contributed by atoms with Gasteiger partial charge in [-0.3, -0.25) is 0 Å². The van der Waals surface area contributed by atoms with E-state index >= 15 is 0 Å². The van der Waals surface area contributed by atoms with Crippen molar-refractivity contribution >= 4 is 42.9 Å². The molecule has 1 fully saturated rings. The van der Waals surface area contributed by atoms with Gasteiger partial charge < -0.3 is 14.4 Å². The van der Waals surface area contributed by atoms with Crippen LogP contribution in [0.5, 0.6) is 5.75 Å². The molecular weight excluding hydrogens is 361 g/mol. The average Bonchev–Trinajstić information content (AvgIpc) is 2.38. The fourth-order valence-corrected chi connectivity index (χ4v) is 3.75. The van der Waals surface area contributed by atoms with Crippen molar-refractivity contribution in [3.05, 3.63) is 22.2 Å². The van der Waals surface area contributed by atoms with Crippen LogP contribution in [0.4, 0.5) is 0 Å². The topological polar surface area (TPSA) is 55.8 Å². The third-order valence-corrected chi connectivity index (χ3v) is 5.10. The number of hydrogen-bond donors (Lipinski definition) is 0. The van der Waals surface area contributed by atoms with Gasteiger partial charge in [0.15, 0.2) is 0 Å². The molecule has 21 heavy (non-hydrogen) atoms. The fourth-order valence-electron chi connectivity index (χ4n) is 1.96. The van der Waals surface area contributed by atoms with Crippen LogP contribution in [0.25, 0.3) is 0 Å². The van der Waals surface area contributed by atoms with Gasteiger partial charge in [0.2, 0.25) is 0 Å². The molecule has 1 aromatic rings. The number of ether oxygens (including phenoxy) is 2. The fraction of sp³-hybridized carbons (Fsp3) is 0.500. The number of rotatable bonds is 4. The minimum Gasteiger partial charge on any atom is -0.489 e. The Bertz CT molecular complexity index is 623. The Morgan fingerprint density at radius 1 is 1.38 bits per heavy atom. The highest BCUT2D eigenvalue weighted by atomic mass is 35.7. The lowest BCUT2D eigenvalue weighted by molar-refractivity contribution is -0.0403. The van der Waals surface area contributed by atoms with E-state index in [1.807, 2.05) is 7.05 Å². The number of benzene rings is 1. The van der Waals surface area contributed by atoms with Crippen molar-refractivity contribution in [2.24, 2.45) is 0 Å². The summed E-state index contributed by atoms with van der Waals surface area (Å²) < 4.78 is 33.8. The number of halogens is 3. The molecule has 0 aromatic heterocycles. The molecule has 1 aromatic carbocycles. The van der Waals surface area contributed by atoms with Gasteiger partial charge in [0.25, 0.3) is 9.05 Å². The maximum atomic E-state index is 11.3. The van der Waals surface area contributed by atoms with Gasteiger partial charge in [-0.1, -0.05) is 23.2 Å². The number of morpholine rings is 1. The lowest BCUT2D eigenvalue weighted by Crippen LogP contribution is -2.42.